The standard InChI is InChI=1S/C8H10N2O/c1-2-3-6-10-8(7-11)4-5-9-10/h2-5,7H,6H2,1H3. The molecule has 0 N–H and O–H groups in total. The van der Waals surface area contributed by atoms with E-state index in [2.05, 4.69) is 5.10 Å². The molecule has 0 saturated carbocycles. The quantitative estimate of drug-likeness (QED) is 0.480. The summed E-state index contributed by atoms with van der Waals surface area (Å²) in [4.78, 5) is 10.4. The molecule has 1 heterocycles. The van der Waals surface area contributed by atoms with Gasteiger partial charge in [-0.1, -0.05) is 12.2 Å². The van der Waals surface area contributed by atoms with Crippen LogP contribution < -0.4 is 0 Å². The van der Waals surface area contributed by atoms with Gasteiger partial charge >= 0.3 is 0 Å². The zero-order valence-electron chi connectivity index (χ0n) is 6.40. The molecule has 1 aromatic rings. The lowest BCUT2D eigenvalue weighted by molar-refractivity contribution is 0.111. The van der Waals surface area contributed by atoms with E-state index in [1.165, 1.54) is 0 Å². The molecule has 0 aliphatic rings. The minimum absolute atomic E-state index is 0.614. The van der Waals surface area contributed by atoms with Gasteiger partial charge in [-0.2, -0.15) is 5.10 Å². The second-order valence-corrected chi connectivity index (χ2v) is 2.13. The van der Waals surface area contributed by atoms with Crippen LogP contribution in [0.25, 0.3) is 0 Å². The Kier molecular flexibility index (Phi) is 2.60. The van der Waals surface area contributed by atoms with E-state index in [0.717, 1.165) is 6.29 Å². The molecule has 11 heavy (non-hydrogen) atoms. The van der Waals surface area contributed by atoms with E-state index in [4.69, 9.17) is 0 Å². The first kappa shape index (κ1) is 7.72. The number of rotatable bonds is 3. The molecule has 1 rings (SSSR count). The Bertz CT molecular complexity index is 263. The molecule has 0 spiro atoms. The van der Waals surface area contributed by atoms with Gasteiger partial charge in [0.05, 0.1) is 6.54 Å². The molecule has 3 nitrogen and oxygen atoms in total. The van der Waals surface area contributed by atoms with Gasteiger partial charge in [0, 0.05) is 6.20 Å². The fourth-order valence-electron chi connectivity index (χ4n) is 0.801. The van der Waals surface area contributed by atoms with Gasteiger partial charge in [0.25, 0.3) is 0 Å². The van der Waals surface area contributed by atoms with Crippen LogP contribution in [0, 0.1) is 0 Å². The van der Waals surface area contributed by atoms with Crippen LogP contribution in [0.15, 0.2) is 24.4 Å². The van der Waals surface area contributed by atoms with Crippen LogP contribution in [0.1, 0.15) is 17.4 Å². The molecule has 0 amide bonds. The third-order valence-electron chi connectivity index (χ3n) is 1.38. The van der Waals surface area contributed by atoms with Crippen LogP contribution in [0.2, 0.25) is 0 Å². The summed E-state index contributed by atoms with van der Waals surface area (Å²) >= 11 is 0. The van der Waals surface area contributed by atoms with Crippen molar-refractivity contribution in [3.8, 4) is 0 Å². The van der Waals surface area contributed by atoms with E-state index < -0.39 is 0 Å². The first-order valence-corrected chi connectivity index (χ1v) is 3.46. The van der Waals surface area contributed by atoms with Crippen LogP contribution in [-0.4, -0.2) is 16.1 Å². The van der Waals surface area contributed by atoms with Gasteiger partial charge in [0.2, 0.25) is 0 Å². The number of hydrogen-bond donors (Lipinski definition) is 0. The molecule has 0 atom stereocenters. The summed E-state index contributed by atoms with van der Waals surface area (Å²) in [6, 6.07) is 1.69. The molecule has 0 saturated heterocycles. The third-order valence-corrected chi connectivity index (χ3v) is 1.38. The molecule has 0 bridgehead atoms. The molecular weight excluding hydrogens is 140 g/mol. The van der Waals surface area contributed by atoms with Gasteiger partial charge in [-0.25, -0.2) is 0 Å². The van der Waals surface area contributed by atoms with E-state index in [-0.39, 0.29) is 0 Å². The maximum atomic E-state index is 10.4. The summed E-state index contributed by atoms with van der Waals surface area (Å²) in [6.45, 7) is 2.60. The van der Waals surface area contributed by atoms with Gasteiger partial charge in [-0.3, -0.25) is 9.48 Å². The molecular formula is C8H10N2O. The van der Waals surface area contributed by atoms with Crippen molar-refractivity contribution >= 4 is 6.29 Å². The number of carbonyl (C=O) groups is 1. The molecule has 0 unspecified atom stereocenters. The lowest BCUT2D eigenvalue weighted by Gasteiger charge is -1.96. The molecule has 0 aliphatic heterocycles. The predicted octanol–water partition coefficient (Wildman–Crippen LogP) is 1.27. The zero-order valence-corrected chi connectivity index (χ0v) is 6.40. The van der Waals surface area contributed by atoms with Crippen LogP contribution in [-0.2, 0) is 6.54 Å². The number of hydrogen-bond acceptors (Lipinski definition) is 2. The highest BCUT2D eigenvalue weighted by molar-refractivity contribution is 5.71. The predicted molar refractivity (Wildman–Crippen MR) is 42.4 cm³/mol. The van der Waals surface area contributed by atoms with Crippen molar-refractivity contribution < 1.29 is 4.79 Å². The molecule has 0 aliphatic carbocycles. The minimum Gasteiger partial charge on any atom is -0.296 e. The number of aromatic nitrogens is 2. The van der Waals surface area contributed by atoms with Gasteiger partial charge in [-0.15, -0.1) is 0 Å². The Labute approximate surface area is 65.3 Å². The summed E-state index contributed by atoms with van der Waals surface area (Å²) in [5.74, 6) is 0. The van der Waals surface area contributed by atoms with Gasteiger partial charge in [-0.05, 0) is 13.0 Å². The average molecular weight is 150 g/mol. The average Bonchev–Trinajstić information content (AvgIpc) is 2.47. The monoisotopic (exact) mass is 150 g/mol. The van der Waals surface area contributed by atoms with E-state index in [0.29, 0.717) is 12.2 Å². The highest BCUT2D eigenvalue weighted by Crippen LogP contribution is 1.94. The van der Waals surface area contributed by atoms with E-state index in [1.54, 1.807) is 16.9 Å². The van der Waals surface area contributed by atoms with Crippen molar-refractivity contribution in [2.24, 2.45) is 0 Å². The maximum absolute atomic E-state index is 10.4. The van der Waals surface area contributed by atoms with Crippen LogP contribution in [0.5, 0.6) is 0 Å². The highest BCUT2D eigenvalue weighted by Gasteiger charge is 1.96. The van der Waals surface area contributed by atoms with Gasteiger partial charge in [0.1, 0.15) is 5.69 Å². The van der Waals surface area contributed by atoms with Crippen molar-refractivity contribution in [3.63, 3.8) is 0 Å². The van der Waals surface area contributed by atoms with Crippen molar-refractivity contribution in [3.05, 3.63) is 30.1 Å². The minimum atomic E-state index is 0.614. The van der Waals surface area contributed by atoms with Gasteiger partial charge in [0.15, 0.2) is 6.29 Å². The fourth-order valence-corrected chi connectivity index (χ4v) is 0.801. The Morgan fingerprint density at radius 1 is 1.73 bits per heavy atom. The fraction of sp³-hybridized carbons (Fsp3) is 0.250. The van der Waals surface area contributed by atoms with E-state index >= 15 is 0 Å². The molecule has 58 valence electrons. The lowest BCUT2D eigenvalue weighted by atomic mass is 10.4. The molecule has 1 aromatic heterocycles. The number of allylic oxidation sites excluding steroid dienone is 2. The normalized spacial score (nSPS) is 10.6. The second kappa shape index (κ2) is 3.71. The van der Waals surface area contributed by atoms with Gasteiger partial charge < -0.3 is 0 Å². The summed E-state index contributed by atoms with van der Waals surface area (Å²) in [5, 5.41) is 3.96. The van der Waals surface area contributed by atoms with Crippen molar-refractivity contribution in [1.29, 1.82) is 0 Å². The summed E-state index contributed by atoms with van der Waals surface area (Å²) in [5.41, 5.74) is 0.614. The van der Waals surface area contributed by atoms with Crippen molar-refractivity contribution in [1.82, 2.24) is 9.78 Å². The van der Waals surface area contributed by atoms with Crippen molar-refractivity contribution in [2.45, 2.75) is 13.5 Å². The molecule has 0 fully saturated rings. The topological polar surface area (TPSA) is 34.9 Å². The van der Waals surface area contributed by atoms with Crippen LogP contribution >= 0.6 is 0 Å². The van der Waals surface area contributed by atoms with E-state index in [9.17, 15) is 4.79 Å². The number of nitrogens with zero attached hydrogens (tertiary/aromatic N) is 2. The molecule has 3 heteroatoms. The summed E-state index contributed by atoms with van der Waals surface area (Å²) < 4.78 is 1.65. The third kappa shape index (κ3) is 1.77. The maximum Gasteiger partial charge on any atom is 0.168 e. The second-order valence-electron chi connectivity index (χ2n) is 2.13. The van der Waals surface area contributed by atoms with Crippen LogP contribution in [0.3, 0.4) is 0 Å². The largest absolute Gasteiger partial charge is 0.296 e. The molecule has 0 aromatic carbocycles. The summed E-state index contributed by atoms with van der Waals surface area (Å²) in [7, 11) is 0. The number of aldehydes is 1. The Hall–Kier alpha value is -1.38. The summed E-state index contributed by atoms with van der Waals surface area (Å²) in [6.07, 6.45) is 6.29. The van der Waals surface area contributed by atoms with Crippen molar-refractivity contribution in [2.75, 3.05) is 0 Å². The first-order chi connectivity index (χ1) is 5.38. The lowest BCUT2D eigenvalue weighted by Crippen LogP contribution is -2.01. The van der Waals surface area contributed by atoms with E-state index in [1.807, 2.05) is 19.1 Å². The highest BCUT2D eigenvalue weighted by atomic mass is 16.1. The Morgan fingerprint density at radius 2 is 2.55 bits per heavy atom. The Morgan fingerprint density at radius 3 is 3.18 bits per heavy atom. The van der Waals surface area contributed by atoms with Crippen LogP contribution in [0.4, 0.5) is 0 Å². The Balaban J connectivity index is 2.76. The zero-order chi connectivity index (χ0) is 8.10. The smallest absolute Gasteiger partial charge is 0.168 e. The molecule has 0 radical (unpaired) electrons. The SMILES string of the molecule is CC=CCn1nccc1C=O. The first-order valence-electron chi connectivity index (χ1n) is 3.46. The number of carbonyl (C=O) groups excluding carboxylic acids is 1.